The fraction of sp³-hybridized carbons (Fsp3) is 0.810. The van der Waals surface area contributed by atoms with Crippen LogP contribution in [0.2, 0.25) is 0 Å². The van der Waals surface area contributed by atoms with Crippen LogP contribution in [-0.4, -0.2) is 47.4 Å². The van der Waals surface area contributed by atoms with Gasteiger partial charge >= 0.3 is 0 Å². The van der Waals surface area contributed by atoms with Gasteiger partial charge < -0.3 is 24.4 Å². The molecule has 0 atom stereocenters. The normalized spacial score (nSPS) is 7.71. The van der Waals surface area contributed by atoms with Crippen LogP contribution in [0.3, 0.4) is 0 Å². The summed E-state index contributed by atoms with van der Waals surface area (Å²) >= 11 is 0. The average Bonchev–Trinajstić information content (AvgIpc) is 2.45. The molecule has 0 aromatic carbocycles. The molecule has 7 nitrogen and oxygen atoms in total. The topological polar surface area (TPSA) is 97.6 Å². The molecule has 0 aromatic rings. The second-order valence-corrected chi connectivity index (χ2v) is 6.47. The summed E-state index contributed by atoms with van der Waals surface area (Å²) in [5, 5.41) is 15.3. The fourth-order valence-corrected chi connectivity index (χ4v) is 0.393. The van der Waals surface area contributed by atoms with E-state index in [1.54, 1.807) is 20.8 Å². The maximum Gasteiger partial charge on any atom is 0.129 e. The number of carbonyl (C=O) groups is 2. The van der Waals surface area contributed by atoms with E-state index in [0.717, 1.165) is 11.4 Å². The maximum absolute atomic E-state index is 9.81. The number of aliphatic hydroxyl groups excluding tert-OH is 1. The van der Waals surface area contributed by atoms with Gasteiger partial charge in [0.2, 0.25) is 0 Å². The van der Waals surface area contributed by atoms with Gasteiger partial charge in [0.25, 0.3) is 0 Å². The molecule has 0 unspecified atom stereocenters. The van der Waals surface area contributed by atoms with E-state index in [4.69, 9.17) is 9.94 Å². The van der Waals surface area contributed by atoms with E-state index in [1.807, 2.05) is 48.5 Å². The summed E-state index contributed by atoms with van der Waals surface area (Å²) < 4.78 is 0. The van der Waals surface area contributed by atoms with Gasteiger partial charge in [0, 0.05) is 12.5 Å². The SMILES string of the molecule is C.CC(C)=NOC(C)C.CC(C)=O.CC(C)O.CCC(C)=O.CON=C(C)C. The lowest BCUT2D eigenvalue weighted by atomic mass is 10.4. The van der Waals surface area contributed by atoms with Crippen molar-refractivity contribution < 1.29 is 24.4 Å². The van der Waals surface area contributed by atoms with Crippen LogP contribution in [0.5, 0.6) is 0 Å². The van der Waals surface area contributed by atoms with Crippen molar-refractivity contribution in [3.63, 3.8) is 0 Å². The van der Waals surface area contributed by atoms with Crippen molar-refractivity contribution >= 4 is 23.0 Å². The number of oxime groups is 2. The summed E-state index contributed by atoms with van der Waals surface area (Å²) in [5.74, 6) is 0.421. The minimum absolute atomic E-state index is 0. The molecule has 0 heterocycles. The Bertz CT molecular complexity index is 376. The van der Waals surface area contributed by atoms with Gasteiger partial charge in [-0.05, 0) is 76.2 Å². The average molecular weight is 409 g/mol. The molecule has 28 heavy (non-hydrogen) atoms. The molecule has 0 saturated heterocycles. The molecular weight excluding hydrogens is 360 g/mol. The van der Waals surface area contributed by atoms with Crippen LogP contribution in [0.4, 0.5) is 0 Å². The number of hydrogen-bond donors (Lipinski definition) is 1. The predicted octanol–water partition coefficient (Wildman–Crippen LogP) is 5.44. The first-order valence-electron chi connectivity index (χ1n) is 8.99. The summed E-state index contributed by atoms with van der Waals surface area (Å²) in [5.41, 5.74) is 1.90. The van der Waals surface area contributed by atoms with Crippen molar-refractivity contribution in [2.75, 3.05) is 7.11 Å². The van der Waals surface area contributed by atoms with Crippen LogP contribution in [0, 0.1) is 0 Å². The van der Waals surface area contributed by atoms with Crippen molar-refractivity contribution in [3.05, 3.63) is 0 Å². The zero-order chi connectivity index (χ0) is 23.0. The molecule has 0 aromatic heterocycles. The molecule has 172 valence electrons. The number of nitrogens with zero attached hydrogens (tertiary/aromatic N) is 2. The monoisotopic (exact) mass is 408 g/mol. The number of carbonyl (C=O) groups excluding carboxylic acids is 2. The Hall–Kier alpha value is -1.76. The third kappa shape index (κ3) is 193. The Balaban J connectivity index is -0.0000000551. The zero-order valence-corrected chi connectivity index (χ0v) is 19.8. The minimum atomic E-state index is -0.167. The first kappa shape index (κ1) is 40.8. The van der Waals surface area contributed by atoms with E-state index in [0.29, 0.717) is 6.42 Å². The van der Waals surface area contributed by atoms with Gasteiger partial charge in [-0.2, -0.15) is 0 Å². The van der Waals surface area contributed by atoms with Crippen molar-refractivity contribution in [2.24, 2.45) is 10.3 Å². The quantitative estimate of drug-likeness (QED) is 0.493. The summed E-state index contributed by atoms with van der Waals surface area (Å²) in [6, 6.07) is 0. The molecular formula is C21H48N2O5. The highest BCUT2D eigenvalue weighted by atomic mass is 16.6. The largest absolute Gasteiger partial charge is 0.399 e. The van der Waals surface area contributed by atoms with Gasteiger partial charge in [-0.15, -0.1) is 0 Å². The predicted molar refractivity (Wildman–Crippen MR) is 122 cm³/mol. The highest BCUT2D eigenvalue weighted by molar-refractivity contribution is 5.78. The van der Waals surface area contributed by atoms with Gasteiger partial charge in [0.15, 0.2) is 0 Å². The first-order chi connectivity index (χ1) is 12.1. The molecule has 0 amide bonds. The van der Waals surface area contributed by atoms with Crippen molar-refractivity contribution in [1.82, 2.24) is 0 Å². The lowest BCUT2D eigenvalue weighted by Gasteiger charge is -2.00. The summed E-state index contributed by atoms with van der Waals surface area (Å²) in [7, 11) is 1.53. The molecule has 0 fully saturated rings. The molecule has 0 spiro atoms. The number of hydrogen-bond acceptors (Lipinski definition) is 7. The van der Waals surface area contributed by atoms with Crippen molar-refractivity contribution in [3.8, 4) is 0 Å². The van der Waals surface area contributed by atoms with Crippen LogP contribution in [0.1, 0.15) is 96.9 Å². The standard InChI is InChI=1S/C6H13NO.C4H9NO.C4H8O.C3H8O.C3H6O.CH4/c1-5(2)7-8-6(3)4;1-4(2)5-6-3;1-3-4(2)5;2*1-3(2)4;/h6H,1-4H3;1-3H3;3H2,1-2H3;3-4H,1-2H3;1-2H3;1H4. The number of Topliss-reactive ketones (excluding diaryl/α,β-unsaturated/α-hetero) is 2. The molecule has 0 saturated carbocycles. The first-order valence-corrected chi connectivity index (χ1v) is 8.99. The van der Waals surface area contributed by atoms with Crippen molar-refractivity contribution in [2.45, 2.75) is 109 Å². The highest BCUT2D eigenvalue weighted by Crippen LogP contribution is 1.87. The zero-order valence-electron chi connectivity index (χ0n) is 19.8. The van der Waals surface area contributed by atoms with Crippen LogP contribution in [0.15, 0.2) is 10.3 Å². The van der Waals surface area contributed by atoms with E-state index >= 15 is 0 Å². The lowest BCUT2D eigenvalue weighted by Crippen LogP contribution is -1.97. The lowest BCUT2D eigenvalue weighted by molar-refractivity contribution is -0.117. The molecule has 0 radical (unpaired) electrons. The Morgan fingerprint density at radius 2 is 1.11 bits per heavy atom. The van der Waals surface area contributed by atoms with E-state index in [2.05, 4.69) is 15.1 Å². The van der Waals surface area contributed by atoms with Crippen LogP contribution in [0.25, 0.3) is 0 Å². The summed E-state index contributed by atoms with van der Waals surface area (Å²) in [4.78, 5) is 28.5. The molecule has 0 aliphatic rings. The van der Waals surface area contributed by atoms with Gasteiger partial charge in [-0.25, -0.2) is 0 Å². The minimum Gasteiger partial charge on any atom is -0.399 e. The fourth-order valence-electron chi connectivity index (χ4n) is 0.393. The third-order valence-corrected chi connectivity index (χ3v) is 1.22. The van der Waals surface area contributed by atoms with E-state index in [-0.39, 0.29) is 31.2 Å². The summed E-state index contributed by atoms with van der Waals surface area (Å²) in [6.45, 7) is 21.4. The number of rotatable bonds is 4. The Morgan fingerprint density at radius 3 is 1.14 bits per heavy atom. The van der Waals surface area contributed by atoms with E-state index < -0.39 is 0 Å². The molecule has 0 aliphatic carbocycles. The number of aliphatic hydroxyl groups is 1. The second kappa shape index (κ2) is 32.9. The molecule has 7 heteroatoms. The molecule has 0 rings (SSSR count). The van der Waals surface area contributed by atoms with E-state index in [1.165, 1.54) is 21.0 Å². The second-order valence-electron chi connectivity index (χ2n) is 6.47. The van der Waals surface area contributed by atoms with Crippen LogP contribution in [-0.2, 0) is 19.3 Å². The van der Waals surface area contributed by atoms with Gasteiger partial charge in [0.1, 0.15) is 24.8 Å². The summed E-state index contributed by atoms with van der Waals surface area (Å²) in [6.07, 6.45) is 0.699. The van der Waals surface area contributed by atoms with Crippen molar-refractivity contribution in [1.29, 1.82) is 0 Å². The van der Waals surface area contributed by atoms with E-state index in [9.17, 15) is 9.59 Å². The number of ketones is 2. The Labute approximate surface area is 174 Å². The maximum atomic E-state index is 9.81. The molecule has 1 N–H and O–H groups in total. The van der Waals surface area contributed by atoms with Crippen LogP contribution < -0.4 is 0 Å². The molecule has 0 aliphatic heterocycles. The Morgan fingerprint density at radius 1 is 0.857 bits per heavy atom. The third-order valence-electron chi connectivity index (χ3n) is 1.22. The van der Waals surface area contributed by atoms with Gasteiger partial charge in [0.05, 0.1) is 11.4 Å². The highest BCUT2D eigenvalue weighted by Gasteiger charge is 1.86. The Kier molecular flexibility index (Phi) is 47.9. The molecule has 0 bridgehead atoms. The van der Waals surface area contributed by atoms with Crippen LogP contribution >= 0.6 is 0 Å². The smallest absolute Gasteiger partial charge is 0.129 e. The van der Waals surface area contributed by atoms with Gasteiger partial charge in [-0.1, -0.05) is 24.7 Å². The van der Waals surface area contributed by atoms with Gasteiger partial charge in [-0.3, -0.25) is 0 Å².